The van der Waals surface area contributed by atoms with Gasteiger partial charge in [0, 0.05) is 13.0 Å². The van der Waals surface area contributed by atoms with Gasteiger partial charge in [-0.3, -0.25) is 4.79 Å². The Kier molecular flexibility index (Phi) is 7.37. The van der Waals surface area contributed by atoms with Crippen LogP contribution in [0.1, 0.15) is 12.8 Å². The first-order valence-electron chi connectivity index (χ1n) is 4.64. The van der Waals surface area contributed by atoms with Crippen molar-refractivity contribution < 1.29 is 19.7 Å². The summed E-state index contributed by atoms with van der Waals surface area (Å²) in [6.07, 6.45) is 0.371. The number of hydrogen-bond acceptors (Lipinski definition) is 5. The molecule has 1 unspecified atom stereocenters. The Morgan fingerprint density at radius 3 is 2.71 bits per heavy atom. The molecule has 0 saturated carbocycles. The van der Waals surface area contributed by atoms with Crippen molar-refractivity contribution in [2.24, 2.45) is 0 Å². The van der Waals surface area contributed by atoms with Gasteiger partial charge in [0.1, 0.15) is 0 Å². The van der Waals surface area contributed by atoms with Crippen LogP contribution in [0.5, 0.6) is 0 Å². The molecular weight excluding hydrogens is 186 g/mol. The third-order valence-corrected chi connectivity index (χ3v) is 1.88. The summed E-state index contributed by atoms with van der Waals surface area (Å²) in [5.41, 5.74) is 0. The van der Waals surface area contributed by atoms with Gasteiger partial charge in [-0.1, -0.05) is 0 Å². The first-order valence-corrected chi connectivity index (χ1v) is 4.64. The van der Waals surface area contributed by atoms with Gasteiger partial charge >= 0.3 is 5.97 Å². The Bertz CT molecular complexity index is 163. The summed E-state index contributed by atoms with van der Waals surface area (Å²) in [7, 11) is 3.19. The first kappa shape index (κ1) is 13.4. The van der Waals surface area contributed by atoms with Crippen molar-refractivity contribution in [3.05, 3.63) is 0 Å². The van der Waals surface area contributed by atoms with E-state index >= 15 is 0 Å². The average molecular weight is 205 g/mol. The van der Waals surface area contributed by atoms with Crippen molar-refractivity contribution in [2.75, 3.05) is 33.9 Å². The fourth-order valence-corrected chi connectivity index (χ4v) is 1.10. The predicted octanol–water partition coefficient (Wildman–Crippen LogP) is -0.775. The lowest BCUT2D eigenvalue weighted by Gasteiger charge is -2.18. The van der Waals surface area contributed by atoms with Gasteiger partial charge < -0.3 is 19.8 Å². The van der Waals surface area contributed by atoms with Crippen LogP contribution in [0, 0.1) is 0 Å². The van der Waals surface area contributed by atoms with Crippen molar-refractivity contribution in [2.45, 2.75) is 18.9 Å². The molecule has 0 heterocycles. The number of methoxy groups -OCH3 is 1. The fraction of sp³-hybridized carbons (Fsp3) is 0.889. The van der Waals surface area contributed by atoms with E-state index in [1.165, 1.54) is 7.11 Å². The van der Waals surface area contributed by atoms with Crippen LogP contribution in [0.3, 0.4) is 0 Å². The summed E-state index contributed by atoms with van der Waals surface area (Å²) < 4.78 is 4.49. The van der Waals surface area contributed by atoms with Gasteiger partial charge in [0.05, 0.1) is 19.8 Å². The molecule has 0 spiro atoms. The Morgan fingerprint density at radius 2 is 2.21 bits per heavy atom. The van der Waals surface area contributed by atoms with Crippen LogP contribution in [0.15, 0.2) is 0 Å². The van der Waals surface area contributed by atoms with E-state index in [2.05, 4.69) is 4.74 Å². The first-order chi connectivity index (χ1) is 6.60. The molecule has 0 fully saturated rings. The van der Waals surface area contributed by atoms with Gasteiger partial charge in [-0.25, -0.2) is 0 Å². The van der Waals surface area contributed by atoms with Gasteiger partial charge in [-0.15, -0.1) is 0 Å². The molecule has 0 aliphatic carbocycles. The van der Waals surface area contributed by atoms with Crippen molar-refractivity contribution >= 4 is 5.97 Å². The number of carbonyl (C=O) groups excluding carboxylic acids is 1. The summed E-state index contributed by atoms with van der Waals surface area (Å²) in [4.78, 5) is 12.6. The lowest BCUT2D eigenvalue weighted by molar-refractivity contribution is -0.140. The number of ether oxygens (including phenoxy) is 1. The minimum Gasteiger partial charge on any atom is -0.469 e. The Balaban J connectivity index is 3.44. The molecule has 0 rings (SSSR count). The molecule has 0 saturated heterocycles. The summed E-state index contributed by atoms with van der Waals surface area (Å²) >= 11 is 0. The number of nitrogens with zero attached hydrogens (tertiary/aromatic N) is 1. The minimum atomic E-state index is -0.710. The van der Waals surface area contributed by atoms with Crippen molar-refractivity contribution in [1.82, 2.24) is 4.90 Å². The molecule has 0 bridgehead atoms. The van der Waals surface area contributed by atoms with E-state index in [1.807, 2.05) is 11.9 Å². The van der Waals surface area contributed by atoms with Crippen LogP contribution in [0.4, 0.5) is 0 Å². The van der Waals surface area contributed by atoms with E-state index in [1.54, 1.807) is 0 Å². The molecule has 1 atom stereocenters. The SMILES string of the molecule is COC(=O)CCCN(C)CC(O)CO. The molecule has 0 amide bonds. The van der Waals surface area contributed by atoms with Gasteiger partial charge in [0.25, 0.3) is 0 Å². The van der Waals surface area contributed by atoms with Gasteiger partial charge in [-0.2, -0.15) is 0 Å². The lowest BCUT2D eigenvalue weighted by atomic mass is 10.3. The monoisotopic (exact) mass is 205 g/mol. The van der Waals surface area contributed by atoms with E-state index in [0.29, 0.717) is 25.9 Å². The highest BCUT2D eigenvalue weighted by molar-refractivity contribution is 5.69. The van der Waals surface area contributed by atoms with E-state index in [0.717, 1.165) is 0 Å². The largest absolute Gasteiger partial charge is 0.469 e. The van der Waals surface area contributed by atoms with Gasteiger partial charge in [0.15, 0.2) is 0 Å². The smallest absolute Gasteiger partial charge is 0.305 e. The van der Waals surface area contributed by atoms with Crippen molar-refractivity contribution in [3.8, 4) is 0 Å². The number of hydrogen-bond donors (Lipinski definition) is 2. The quantitative estimate of drug-likeness (QED) is 0.534. The maximum atomic E-state index is 10.7. The highest BCUT2D eigenvalue weighted by atomic mass is 16.5. The molecule has 0 aromatic heterocycles. The molecular formula is C9H19NO4. The molecule has 84 valence electrons. The number of likely N-dealkylation sites (N-methyl/N-ethyl adjacent to an activating group) is 1. The number of aliphatic hydroxyl groups excluding tert-OH is 2. The number of aliphatic hydroxyl groups is 2. The summed E-state index contributed by atoms with van der Waals surface area (Å²) in [5.74, 6) is -0.221. The summed E-state index contributed by atoms with van der Waals surface area (Å²) in [6.45, 7) is 0.880. The van der Waals surface area contributed by atoms with E-state index in [-0.39, 0.29) is 12.6 Å². The highest BCUT2D eigenvalue weighted by Crippen LogP contribution is 1.96. The minimum absolute atomic E-state index is 0.221. The van der Waals surface area contributed by atoms with Crippen molar-refractivity contribution in [3.63, 3.8) is 0 Å². The van der Waals surface area contributed by atoms with Crippen LogP contribution in [0.2, 0.25) is 0 Å². The lowest BCUT2D eigenvalue weighted by Crippen LogP contribution is -2.32. The topological polar surface area (TPSA) is 70.0 Å². The maximum Gasteiger partial charge on any atom is 0.305 e. The number of carbonyl (C=O) groups is 1. The van der Waals surface area contributed by atoms with Crippen LogP contribution in [0.25, 0.3) is 0 Å². The molecule has 0 aromatic rings. The number of rotatable bonds is 7. The van der Waals surface area contributed by atoms with Crippen molar-refractivity contribution in [1.29, 1.82) is 0 Å². The zero-order valence-corrected chi connectivity index (χ0v) is 8.77. The maximum absolute atomic E-state index is 10.7. The van der Waals surface area contributed by atoms with E-state index < -0.39 is 6.10 Å². The normalized spacial score (nSPS) is 12.9. The summed E-state index contributed by atoms with van der Waals surface area (Å²) in [5, 5.41) is 17.7. The zero-order chi connectivity index (χ0) is 11.0. The Morgan fingerprint density at radius 1 is 1.57 bits per heavy atom. The van der Waals surface area contributed by atoms with Crippen LogP contribution in [-0.4, -0.2) is 61.0 Å². The molecule has 14 heavy (non-hydrogen) atoms. The van der Waals surface area contributed by atoms with Gasteiger partial charge in [-0.05, 0) is 20.0 Å². The fourth-order valence-electron chi connectivity index (χ4n) is 1.10. The van der Waals surface area contributed by atoms with E-state index in [4.69, 9.17) is 10.2 Å². The molecule has 0 aliphatic heterocycles. The molecule has 0 aromatic carbocycles. The standard InChI is InChI=1S/C9H19NO4/c1-10(6-8(12)7-11)5-3-4-9(13)14-2/h8,11-12H,3-7H2,1-2H3. The molecule has 5 nitrogen and oxygen atoms in total. The molecule has 2 N–H and O–H groups in total. The summed E-state index contributed by atoms with van der Waals surface area (Å²) in [6, 6.07) is 0. The number of esters is 1. The average Bonchev–Trinajstić information content (AvgIpc) is 2.17. The second-order valence-electron chi connectivity index (χ2n) is 3.28. The van der Waals surface area contributed by atoms with Crippen LogP contribution >= 0.6 is 0 Å². The zero-order valence-electron chi connectivity index (χ0n) is 8.77. The predicted molar refractivity (Wildman–Crippen MR) is 51.8 cm³/mol. The second-order valence-corrected chi connectivity index (χ2v) is 3.28. The highest BCUT2D eigenvalue weighted by Gasteiger charge is 2.07. The third kappa shape index (κ3) is 6.82. The Labute approximate surface area is 84.3 Å². The van der Waals surface area contributed by atoms with Crippen LogP contribution < -0.4 is 0 Å². The Hall–Kier alpha value is -0.650. The van der Waals surface area contributed by atoms with Crippen LogP contribution in [-0.2, 0) is 9.53 Å². The van der Waals surface area contributed by atoms with Gasteiger partial charge in [0.2, 0.25) is 0 Å². The van der Waals surface area contributed by atoms with E-state index in [9.17, 15) is 4.79 Å². The second kappa shape index (κ2) is 7.73. The third-order valence-electron chi connectivity index (χ3n) is 1.88. The molecule has 5 heteroatoms. The molecule has 0 aliphatic rings. The molecule has 0 radical (unpaired) electrons.